The summed E-state index contributed by atoms with van der Waals surface area (Å²) in [6.07, 6.45) is 3.24. The van der Waals surface area contributed by atoms with Crippen molar-refractivity contribution in [1.82, 2.24) is 4.90 Å². The molecule has 1 amide bonds. The second-order valence-electron chi connectivity index (χ2n) is 5.74. The Bertz CT molecular complexity index is 583. The van der Waals surface area contributed by atoms with Gasteiger partial charge in [-0.3, -0.25) is 4.79 Å². The van der Waals surface area contributed by atoms with E-state index in [1.807, 2.05) is 25.1 Å². The number of benzene rings is 1. The predicted octanol–water partition coefficient (Wildman–Crippen LogP) is 2.71. The number of aryl methyl sites for hydroxylation is 1. The molecule has 1 fully saturated rings. The average molecular weight is 284 g/mol. The molecular formula is C18H24N2O. The van der Waals surface area contributed by atoms with Gasteiger partial charge in [-0.2, -0.15) is 0 Å². The standard InChI is InChI=1S/C18H24N2O/c1-4-17-10-7-14(3)20(17)18(21)16-9-8-15(6-5-11-19)13(2)12-16/h8-9,12,14,17H,4,7,10-11,19H2,1-3H3. The van der Waals surface area contributed by atoms with E-state index >= 15 is 0 Å². The second-order valence-corrected chi connectivity index (χ2v) is 5.74. The number of nitrogens with two attached hydrogens (primary N) is 1. The molecule has 0 aromatic heterocycles. The van der Waals surface area contributed by atoms with Gasteiger partial charge in [0.05, 0.1) is 6.54 Å². The summed E-state index contributed by atoms with van der Waals surface area (Å²) in [6.45, 7) is 6.63. The van der Waals surface area contributed by atoms with Gasteiger partial charge in [0.25, 0.3) is 5.91 Å². The van der Waals surface area contributed by atoms with Gasteiger partial charge in [-0.1, -0.05) is 18.8 Å². The lowest BCUT2D eigenvalue weighted by molar-refractivity contribution is 0.0676. The first-order chi connectivity index (χ1) is 10.1. The van der Waals surface area contributed by atoms with Crippen molar-refractivity contribution in [1.29, 1.82) is 0 Å². The second kappa shape index (κ2) is 6.78. The molecule has 0 aliphatic carbocycles. The summed E-state index contributed by atoms with van der Waals surface area (Å²) in [5.74, 6) is 6.04. The zero-order valence-corrected chi connectivity index (χ0v) is 13.1. The molecule has 0 spiro atoms. The molecule has 0 radical (unpaired) electrons. The van der Waals surface area contributed by atoms with Crippen molar-refractivity contribution in [3.8, 4) is 11.8 Å². The van der Waals surface area contributed by atoms with E-state index in [-0.39, 0.29) is 5.91 Å². The Morgan fingerprint density at radius 2 is 2.19 bits per heavy atom. The largest absolute Gasteiger partial charge is 0.333 e. The van der Waals surface area contributed by atoms with Gasteiger partial charge in [-0.25, -0.2) is 0 Å². The van der Waals surface area contributed by atoms with Crippen LogP contribution in [0.5, 0.6) is 0 Å². The van der Waals surface area contributed by atoms with E-state index in [4.69, 9.17) is 5.73 Å². The minimum atomic E-state index is 0.147. The molecule has 1 aromatic carbocycles. The fraction of sp³-hybridized carbons (Fsp3) is 0.500. The maximum atomic E-state index is 12.8. The minimum Gasteiger partial charge on any atom is -0.333 e. The first-order valence-electron chi connectivity index (χ1n) is 7.70. The Balaban J connectivity index is 2.25. The zero-order valence-electron chi connectivity index (χ0n) is 13.1. The van der Waals surface area contributed by atoms with Gasteiger partial charge < -0.3 is 10.6 Å². The highest BCUT2D eigenvalue weighted by atomic mass is 16.2. The summed E-state index contributed by atoms with van der Waals surface area (Å²) >= 11 is 0. The maximum absolute atomic E-state index is 12.8. The van der Waals surface area contributed by atoms with Crippen molar-refractivity contribution in [3.63, 3.8) is 0 Å². The van der Waals surface area contributed by atoms with E-state index < -0.39 is 0 Å². The molecule has 1 heterocycles. The summed E-state index contributed by atoms with van der Waals surface area (Å²) in [5, 5.41) is 0. The summed E-state index contributed by atoms with van der Waals surface area (Å²) in [5.41, 5.74) is 8.13. The highest BCUT2D eigenvalue weighted by molar-refractivity contribution is 5.95. The lowest BCUT2D eigenvalue weighted by atomic mass is 10.0. The number of nitrogens with zero attached hydrogens (tertiary/aromatic N) is 1. The van der Waals surface area contributed by atoms with Gasteiger partial charge in [0.1, 0.15) is 0 Å². The molecular weight excluding hydrogens is 260 g/mol. The topological polar surface area (TPSA) is 46.3 Å². The molecule has 3 nitrogen and oxygen atoms in total. The molecule has 1 aliphatic rings. The lowest BCUT2D eigenvalue weighted by Crippen LogP contribution is -2.39. The minimum absolute atomic E-state index is 0.147. The molecule has 21 heavy (non-hydrogen) atoms. The monoisotopic (exact) mass is 284 g/mol. The van der Waals surface area contributed by atoms with Crippen molar-refractivity contribution in [2.75, 3.05) is 6.54 Å². The summed E-state index contributed by atoms with van der Waals surface area (Å²) in [6, 6.07) is 6.46. The predicted molar refractivity (Wildman–Crippen MR) is 86.1 cm³/mol. The van der Waals surface area contributed by atoms with Crippen molar-refractivity contribution >= 4 is 5.91 Å². The SMILES string of the molecule is CCC1CCC(C)N1C(=O)c1ccc(C#CCN)c(C)c1. The van der Waals surface area contributed by atoms with E-state index in [9.17, 15) is 4.79 Å². The Hall–Kier alpha value is -1.79. The number of hydrogen-bond donors (Lipinski definition) is 1. The van der Waals surface area contributed by atoms with Crippen molar-refractivity contribution in [2.45, 2.75) is 52.1 Å². The highest BCUT2D eigenvalue weighted by Gasteiger charge is 2.33. The molecule has 1 aromatic rings. The van der Waals surface area contributed by atoms with Crippen LogP contribution in [0.4, 0.5) is 0 Å². The Labute approximate surface area is 127 Å². The molecule has 2 unspecified atom stereocenters. The fourth-order valence-electron chi connectivity index (χ4n) is 3.07. The van der Waals surface area contributed by atoms with Crippen molar-refractivity contribution in [3.05, 3.63) is 34.9 Å². The average Bonchev–Trinajstić information content (AvgIpc) is 2.86. The van der Waals surface area contributed by atoms with Gasteiger partial charge in [0, 0.05) is 23.2 Å². The van der Waals surface area contributed by atoms with Crippen LogP contribution in [0.2, 0.25) is 0 Å². The Kier molecular flexibility index (Phi) is 5.03. The van der Waals surface area contributed by atoms with Crippen LogP contribution in [0.3, 0.4) is 0 Å². The van der Waals surface area contributed by atoms with Crippen LogP contribution >= 0.6 is 0 Å². The first kappa shape index (κ1) is 15.6. The van der Waals surface area contributed by atoms with E-state index in [0.717, 1.165) is 36.0 Å². The number of carbonyl (C=O) groups excluding carboxylic acids is 1. The number of rotatable bonds is 2. The van der Waals surface area contributed by atoms with Crippen molar-refractivity contribution < 1.29 is 4.79 Å². The van der Waals surface area contributed by atoms with Gasteiger partial charge >= 0.3 is 0 Å². The van der Waals surface area contributed by atoms with Crippen LogP contribution in [-0.4, -0.2) is 29.4 Å². The van der Waals surface area contributed by atoms with E-state index in [2.05, 4.69) is 30.6 Å². The molecule has 112 valence electrons. The van der Waals surface area contributed by atoms with E-state index in [0.29, 0.717) is 18.6 Å². The maximum Gasteiger partial charge on any atom is 0.254 e. The van der Waals surface area contributed by atoms with Crippen LogP contribution < -0.4 is 5.73 Å². The molecule has 1 aliphatic heterocycles. The lowest BCUT2D eigenvalue weighted by Gasteiger charge is -2.28. The summed E-state index contributed by atoms with van der Waals surface area (Å²) < 4.78 is 0. The summed E-state index contributed by atoms with van der Waals surface area (Å²) in [4.78, 5) is 14.8. The Morgan fingerprint density at radius 1 is 1.43 bits per heavy atom. The van der Waals surface area contributed by atoms with Gasteiger partial charge in [0.2, 0.25) is 0 Å². The summed E-state index contributed by atoms with van der Waals surface area (Å²) in [7, 11) is 0. The molecule has 0 saturated carbocycles. The third kappa shape index (κ3) is 3.28. The number of likely N-dealkylation sites (tertiary alicyclic amines) is 1. The van der Waals surface area contributed by atoms with E-state index in [1.54, 1.807) is 0 Å². The number of amides is 1. The Morgan fingerprint density at radius 3 is 2.81 bits per heavy atom. The quantitative estimate of drug-likeness (QED) is 0.849. The zero-order chi connectivity index (χ0) is 15.4. The van der Waals surface area contributed by atoms with Crippen LogP contribution in [0.15, 0.2) is 18.2 Å². The van der Waals surface area contributed by atoms with E-state index in [1.165, 1.54) is 0 Å². The molecule has 1 saturated heterocycles. The van der Waals surface area contributed by atoms with Crippen LogP contribution in [-0.2, 0) is 0 Å². The molecule has 2 atom stereocenters. The van der Waals surface area contributed by atoms with Gasteiger partial charge in [0.15, 0.2) is 0 Å². The highest BCUT2D eigenvalue weighted by Crippen LogP contribution is 2.28. The van der Waals surface area contributed by atoms with Gasteiger partial charge in [-0.05, 0) is 56.9 Å². The van der Waals surface area contributed by atoms with Crippen LogP contribution in [0.1, 0.15) is 54.6 Å². The normalized spacial score (nSPS) is 21.0. The van der Waals surface area contributed by atoms with Crippen LogP contribution in [0.25, 0.3) is 0 Å². The fourth-order valence-corrected chi connectivity index (χ4v) is 3.07. The van der Waals surface area contributed by atoms with Gasteiger partial charge in [-0.15, -0.1) is 0 Å². The first-order valence-corrected chi connectivity index (χ1v) is 7.70. The molecule has 2 N–H and O–H groups in total. The third-order valence-corrected chi connectivity index (χ3v) is 4.29. The molecule has 3 heteroatoms. The van der Waals surface area contributed by atoms with Crippen LogP contribution in [0, 0.1) is 18.8 Å². The van der Waals surface area contributed by atoms with Crippen molar-refractivity contribution in [2.24, 2.45) is 5.73 Å². The smallest absolute Gasteiger partial charge is 0.254 e. The third-order valence-electron chi connectivity index (χ3n) is 4.29. The molecule has 2 rings (SSSR count). The number of hydrogen-bond acceptors (Lipinski definition) is 2. The molecule has 0 bridgehead atoms. The number of carbonyl (C=O) groups is 1.